The van der Waals surface area contributed by atoms with Crippen LogP contribution < -0.4 is 0 Å². The van der Waals surface area contributed by atoms with Gasteiger partial charge in [-0.1, -0.05) is 84.9 Å². The zero-order valence-corrected chi connectivity index (χ0v) is 14.9. The van der Waals surface area contributed by atoms with Crippen LogP contribution in [-0.2, 0) is 9.59 Å². The molecule has 0 heterocycles. The third-order valence-corrected chi connectivity index (χ3v) is 5.18. The van der Waals surface area contributed by atoms with Crippen LogP contribution in [-0.4, -0.2) is 22.2 Å². The highest BCUT2D eigenvalue weighted by molar-refractivity contribution is 5.98. The van der Waals surface area contributed by atoms with Crippen molar-refractivity contribution in [2.45, 2.75) is 5.92 Å². The average molecular weight is 370 g/mol. The van der Waals surface area contributed by atoms with Gasteiger partial charge in [-0.05, 0) is 32.7 Å². The van der Waals surface area contributed by atoms with E-state index < -0.39 is 23.8 Å². The maximum absolute atomic E-state index is 12.0. The number of fused-ring (bicyclic) bond motifs is 2. The van der Waals surface area contributed by atoms with Crippen LogP contribution in [0.4, 0.5) is 0 Å². The summed E-state index contributed by atoms with van der Waals surface area (Å²) in [6, 6.07) is 26.5. The smallest absolute Gasteiger partial charge is 0.318 e. The first-order chi connectivity index (χ1) is 13.6. The third kappa shape index (κ3) is 2.99. The molecule has 0 aromatic heterocycles. The van der Waals surface area contributed by atoms with Crippen LogP contribution in [0.3, 0.4) is 0 Å². The molecule has 4 rings (SSSR count). The van der Waals surface area contributed by atoms with Gasteiger partial charge in [-0.25, -0.2) is 0 Å². The highest BCUT2D eigenvalue weighted by atomic mass is 16.4. The number of carboxylic acids is 2. The number of rotatable bonds is 5. The van der Waals surface area contributed by atoms with Crippen LogP contribution in [0.5, 0.6) is 0 Å². The van der Waals surface area contributed by atoms with Crippen LogP contribution in [0, 0.1) is 5.92 Å². The first kappa shape index (κ1) is 17.7. The molecule has 0 bridgehead atoms. The lowest BCUT2D eigenvalue weighted by Gasteiger charge is -2.25. The van der Waals surface area contributed by atoms with E-state index in [9.17, 15) is 19.8 Å². The summed E-state index contributed by atoms with van der Waals surface area (Å²) in [7, 11) is 0. The minimum atomic E-state index is -1.60. The highest BCUT2D eigenvalue weighted by Crippen LogP contribution is 2.39. The molecule has 0 atom stereocenters. The SMILES string of the molecule is O=C(O)C(C(=O)O)C(c1cccc2ccccc12)c1cccc2ccccc12. The number of hydrogen-bond acceptors (Lipinski definition) is 2. The largest absolute Gasteiger partial charge is 0.481 e. The third-order valence-electron chi connectivity index (χ3n) is 5.18. The van der Waals surface area contributed by atoms with Crippen LogP contribution in [0.15, 0.2) is 84.9 Å². The van der Waals surface area contributed by atoms with Gasteiger partial charge in [0.2, 0.25) is 0 Å². The van der Waals surface area contributed by atoms with E-state index in [0.717, 1.165) is 21.5 Å². The molecular formula is C24H18O4. The Balaban J connectivity index is 2.08. The van der Waals surface area contributed by atoms with Crippen LogP contribution in [0.2, 0.25) is 0 Å². The fourth-order valence-electron chi connectivity index (χ4n) is 3.96. The van der Waals surface area contributed by atoms with Gasteiger partial charge in [-0.15, -0.1) is 0 Å². The summed E-state index contributed by atoms with van der Waals surface area (Å²) in [5.41, 5.74) is 1.40. The summed E-state index contributed by atoms with van der Waals surface area (Å²) in [5, 5.41) is 23.2. The highest BCUT2D eigenvalue weighted by Gasteiger charge is 2.38. The fraction of sp³-hybridized carbons (Fsp3) is 0.0833. The number of aliphatic carboxylic acids is 2. The Kier molecular flexibility index (Phi) is 4.53. The first-order valence-corrected chi connectivity index (χ1v) is 8.99. The topological polar surface area (TPSA) is 74.6 Å². The van der Waals surface area contributed by atoms with Crippen LogP contribution in [0.25, 0.3) is 21.5 Å². The molecule has 0 fully saturated rings. The zero-order valence-electron chi connectivity index (χ0n) is 14.9. The minimum absolute atomic E-state index is 0.698. The molecule has 0 spiro atoms. The maximum atomic E-state index is 12.0. The van der Waals surface area contributed by atoms with Gasteiger partial charge in [0.25, 0.3) is 0 Å². The molecule has 138 valence electrons. The molecule has 4 nitrogen and oxygen atoms in total. The lowest BCUT2D eigenvalue weighted by molar-refractivity contribution is -0.155. The standard InChI is InChI=1S/C24H18O4/c25-23(26)22(24(27)28)21(19-13-5-9-15-7-1-3-11-17(15)19)20-14-6-10-16-8-2-4-12-18(16)20/h1-14,21-22H,(H,25,26)(H,27,28). The van der Waals surface area contributed by atoms with E-state index in [1.54, 1.807) is 0 Å². The Morgan fingerprint density at radius 3 is 1.39 bits per heavy atom. The van der Waals surface area contributed by atoms with Crippen molar-refractivity contribution in [3.63, 3.8) is 0 Å². The monoisotopic (exact) mass is 370 g/mol. The number of carbonyl (C=O) groups is 2. The second kappa shape index (κ2) is 7.16. The first-order valence-electron chi connectivity index (χ1n) is 8.99. The number of carboxylic acid groups (broad SMARTS) is 2. The predicted molar refractivity (Wildman–Crippen MR) is 109 cm³/mol. The predicted octanol–water partition coefficient (Wildman–Crippen LogP) is 4.91. The second-order valence-corrected chi connectivity index (χ2v) is 6.77. The van der Waals surface area contributed by atoms with Gasteiger partial charge >= 0.3 is 11.9 Å². The molecule has 0 amide bonds. The van der Waals surface area contributed by atoms with Gasteiger partial charge in [-0.2, -0.15) is 0 Å². The molecule has 0 saturated heterocycles. The summed E-state index contributed by atoms with van der Waals surface area (Å²) in [6.45, 7) is 0. The molecule has 0 saturated carbocycles. The van der Waals surface area contributed by atoms with E-state index in [-0.39, 0.29) is 0 Å². The number of benzene rings is 4. The van der Waals surface area contributed by atoms with E-state index in [2.05, 4.69) is 0 Å². The molecule has 0 unspecified atom stereocenters. The number of hydrogen-bond donors (Lipinski definition) is 2. The van der Waals surface area contributed by atoms with Gasteiger partial charge in [-0.3, -0.25) is 9.59 Å². The Hall–Kier alpha value is -3.66. The van der Waals surface area contributed by atoms with Crippen molar-refractivity contribution in [2.24, 2.45) is 5.92 Å². The van der Waals surface area contributed by atoms with Crippen LogP contribution in [0.1, 0.15) is 17.0 Å². The van der Waals surface area contributed by atoms with E-state index >= 15 is 0 Å². The summed E-state index contributed by atoms with van der Waals surface area (Å²) in [4.78, 5) is 24.0. The van der Waals surface area contributed by atoms with E-state index in [1.807, 2.05) is 84.9 Å². The van der Waals surface area contributed by atoms with Crippen molar-refractivity contribution in [2.75, 3.05) is 0 Å². The molecular weight excluding hydrogens is 352 g/mol. The second-order valence-electron chi connectivity index (χ2n) is 6.77. The van der Waals surface area contributed by atoms with Gasteiger partial charge in [0.1, 0.15) is 0 Å². The minimum Gasteiger partial charge on any atom is -0.481 e. The molecule has 0 aliphatic rings. The molecule has 2 N–H and O–H groups in total. The van der Waals surface area contributed by atoms with Crippen molar-refractivity contribution in [3.8, 4) is 0 Å². The molecule has 4 aromatic carbocycles. The summed E-state index contributed by atoms with van der Waals surface area (Å²) in [5.74, 6) is -5.12. The maximum Gasteiger partial charge on any atom is 0.318 e. The van der Waals surface area contributed by atoms with Crippen LogP contribution >= 0.6 is 0 Å². The molecule has 4 heteroatoms. The zero-order chi connectivity index (χ0) is 19.7. The molecule has 0 aliphatic heterocycles. The molecule has 0 radical (unpaired) electrons. The van der Waals surface area contributed by atoms with E-state index in [4.69, 9.17) is 0 Å². The van der Waals surface area contributed by atoms with Crippen molar-refractivity contribution >= 4 is 33.5 Å². The Morgan fingerprint density at radius 1 is 0.571 bits per heavy atom. The average Bonchev–Trinajstić information content (AvgIpc) is 2.70. The normalized spacial score (nSPS) is 11.4. The van der Waals surface area contributed by atoms with Crippen molar-refractivity contribution in [3.05, 3.63) is 96.1 Å². The van der Waals surface area contributed by atoms with E-state index in [0.29, 0.717) is 11.1 Å². The van der Waals surface area contributed by atoms with Crippen molar-refractivity contribution in [1.82, 2.24) is 0 Å². The Morgan fingerprint density at radius 2 is 0.964 bits per heavy atom. The molecule has 28 heavy (non-hydrogen) atoms. The van der Waals surface area contributed by atoms with Gasteiger partial charge in [0.15, 0.2) is 5.92 Å². The van der Waals surface area contributed by atoms with Gasteiger partial charge < -0.3 is 10.2 Å². The Bertz CT molecular complexity index is 1090. The lowest BCUT2D eigenvalue weighted by Crippen LogP contribution is -2.31. The summed E-state index contributed by atoms with van der Waals surface area (Å²) in [6.07, 6.45) is 0. The molecule has 0 aliphatic carbocycles. The quantitative estimate of drug-likeness (QED) is 0.490. The van der Waals surface area contributed by atoms with E-state index in [1.165, 1.54) is 0 Å². The molecule has 4 aromatic rings. The van der Waals surface area contributed by atoms with Gasteiger partial charge in [0, 0.05) is 5.92 Å². The van der Waals surface area contributed by atoms with Gasteiger partial charge in [0.05, 0.1) is 0 Å². The van der Waals surface area contributed by atoms with Crippen molar-refractivity contribution < 1.29 is 19.8 Å². The Labute approximate surface area is 161 Å². The fourth-order valence-corrected chi connectivity index (χ4v) is 3.96. The van der Waals surface area contributed by atoms with Crippen molar-refractivity contribution in [1.29, 1.82) is 0 Å². The summed E-state index contributed by atoms with van der Waals surface area (Å²) < 4.78 is 0. The summed E-state index contributed by atoms with van der Waals surface area (Å²) >= 11 is 0. The lowest BCUT2D eigenvalue weighted by atomic mass is 9.77.